The van der Waals surface area contributed by atoms with Crippen molar-refractivity contribution in [3.63, 3.8) is 0 Å². The highest BCUT2D eigenvalue weighted by molar-refractivity contribution is 5.70. The van der Waals surface area contributed by atoms with Gasteiger partial charge in [-0.3, -0.25) is 4.98 Å². The fraction of sp³-hybridized carbons (Fsp3) is 0.400. The molecule has 1 aliphatic heterocycles. The Morgan fingerprint density at radius 2 is 2.07 bits per heavy atom. The zero-order valence-corrected chi connectivity index (χ0v) is 8.18. The molecular weight excluding hydrogens is 180 g/mol. The van der Waals surface area contributed by atoms with Gasteiger partial charge in [0.2, 0.25) is 0 Å². The van der Waals surface area contributed by atoms with Gasteiger partial charge in [0.15, 0.2) is 0 Å². The molecule has 1 aliphatic rings. The van der Waals surface area contributed by atoms with E-state index in [0.717, 1.165) is 5.56 Å². The zero-order chi connectivity index (χ0) is 10.1. The molecule has 0 bridgehead atoms. The van der Waals surface area contributed by atoms with Crippen LogP contribution in [0.1, 0.15) is 18.6 Å². The first kappa shape index (κ1) is 8.99. The molecule has 1 amide bonds. The SMILES string of the molecule is C[C@H]1[C@@H](c2ccncc2)OC(=O)N1C. The van der Waals surface area contributed by atoms with Crippen LogP contribution in [0.4, 0.5) is 4.79 Å². The molecule has 2 heterocycles. The van der Waals surface area contributed by atoms with Gasteiger partial charge >= 0.3 is 6.09 Å². The monoisotopic (exact) mass is 192 g/mol. The van der Waals surface area contributed by atoms with Gasteiger partial charge in [-0.15, -0.1) is 0 Å². The first-order valence-corrected chi connectivity index (χ1v) is 4.53. The van der Waals surface area contributed by atoms with Crippen molar-refractivity contribution < 1.29 is 9.53 Å². The maximum Gasteiger partial charge on any atom is 0.410 e. The average Bonchev–Trinajstić information content (AvgIpc) is 2.47. The number of cyclic esters (lactones) is 1. The second kappa shape index (κ2) is 3.29. The lowest BCUT2D eigenvalue weighted by atomic mass is 10.1. The Morgan fingerprint density at radius 1 is 1.43 bits per heavy atom. The molecule has 0 N–H and O–H groups in total. The summed E-state index contributed by atoms with van der Waals surface area (Å²) in [5.74, 6) is 0. The van der Waals surface area contributed by atoms with Crippen LogP contribution >= 0.6 is 0 Å². The number of aromatic nitrogens is 1. The molecule has 0 radical (unpaired) electrons. The summed E-state index contributed by atoms with van der Waals surface area (Å²) in [6.07, 6.45) is 2.97. The second-order valence-corrected chi connectivity index (χ2v) is 3.44. The summed E-state index contributed by atoms with van der Waals surface area (Å²) in [5.41, 5.74) is 0.991. The summed E-state index contributed by atoms with van der Waals surface area (Å²) in [7, 11) is 1.74. The third-order valence-electron chi connectivity index (χ3n) is 2.60. The van der Waals surface area contributed by atoms with Gasteiger partial charge in [0.05, 0.1) is 6.04 Å². The molecule has 1 saturated heterocycles. The van der Waals surface area contributed by atoms with Crippen molar-refractivity contribution in [2.24, 2.45) is 0 Å². The van der Waals surface area contributed by atoms with Crippen LogP contribution in [-0.4, -0.2) is 29.1 Å². The molecule has 74 valence electrons. The van der Waals surface area contributed by atoms with E-state index in [1.807, 2.05) is 19.1 Å². The van der Waals surface area contributed by atoms with Crippen LogP contribution in [0.5, 0.6) is 0 Å². The quantitative estimate of drug-likeness (QED) is 0.678. The van der Waals surface area contributed by atoms with Gasteiger partial charge in [-0.2, -0.15) is 0 Å². The topological polar surface area (TPSA) is 42.4 Å². The third kappa shape index (κ3) is 1.32. The number of carbonyl (C=O) groups excluding carboxylic acids is 1. The minimum atomic E-state index is -0.265. The molecule has 2 atom stereocenters. The lowest BCUT2D eigenvalue weighted by Gasteiger charge is -2.16. The van der Waals surface area contributed by atoms with E-state index in [1.54, 1.807) is 24.3 Å². The van der Waals surface area contributed by atoms with Crippen LogP contribution < -0.4 is 0 Å². The lowest BCUT2D eigenvalue weighted by Crippen LogP contribution is -2.27. The van der Waals surface area contributed by atoms with E-state index >= 15 is 0 Å². The summed E-state index contributed by atoms with van der Waals surface area (Å²) >= 11 is 0. The van der Waals surface area contributed by atoms with Crippen LogP contribution in [0.15, 0.2) is 24.5 Å². The number of hydrogen-bond acceptors (Lipinski definition) is 3. The number of likely N-dealkylation sites (N-methyl/N-ethyl adjacent to an activating group) is 1. The van der Waals surface area contributed by atoms with E-state index in [0.29, 0.717) is 0 Å². The molecule has 1 aromatic heterocycles. The van der Waals surface area contributed by atoms with Crippen molar-refractivity contribution in [2.45, 2.75) is 19.1 Å². The predicted molar refractivity (Wildman–Crippen MR) is 50.7 cm³/mol. The molecule has 1 aromatic rings. The van der Waals surface area contributed by atoms with E-state index in [2.05, 4.69) is 4.98 Å². The Labute approximate surface area is 82.5 Å². The highest BCUT2D eigenvalue weighted by Gasteiger charge is 2.36. The van der Waals surface area contributed by atoms with Gasteiger partial charge in [0.1, 0.15) is 6.10 Å². The zero-order valence-electron chi connectivity index (χ0n) is 8.18. The van der Waals surface area contributed by atoms with Gasteiger partial charge in [0, 0.05) is 19.4 Å². The highest BCUT2D eigenvalue weighted by Crippen LogP contribution is 2.30. The van der Waals surface area contributed by atoms with E-state index in [-0.39, 0.29) is 18.2 Å². The summed E-state index contributed by atoms with van der Waals surface area (Å²) in [6.45, 7) is 1.97. The first-order valence-electron chi connectivity index (χ1n) is 4.53. The molecule has 0 unspecified atom stereocenters. The summed E-state index contributed by atoms with van der Waals surface area (Å²) < 4.78 is 5.23. The molecule has 14 heavy (non-hydrogen) atoms. The van der Waals surface area contributed by atoms with Crippen molar-refractivity contribution in [1.82, 2.24) is 9.88 Å². The van der Waals surface area contributed by atoms with E-state index < -0.39 is 0 Å². The van der Waals surface area contributed by atoms with Crippen LogP contribution in [0.25, 0.3) is 0 Å². The number of rotatable bonds is 1. The van der Waals surface area contributed by atoms with Crippen LogP contribution in [0, 0.1) is 0 Å². The average molecular weight is 192 g/mol. The Bertz CT molecular complexity index is 339. The summed E-state index contributed by atoms with van der Waals surface area (Å²) in [6, 6.07) is 3.81. The fourth-order valence-electron chi connectivity index (χ4n) is 1.56. The number of amides is 1. The van der Waals surface area contributed by atoms with Crippen molar-refractivity contribution in [2.75, 3.05) is 7.05 Å². The molecule has 4 heteroatoms. The molecular formula is C10H12N2O2. The Morgan fingerprint density at radius 3 is 2.57 bits per heavy atom. The first-order chi connectivity index (χ1) is 6.70. The summed E-state index contributed by atoms with van der Waals surface area (Å²) in [5, 5.41) is 0. The standard InChI is InChI=1S/C10H12N2O2/c1-7-9(14-10(13)12(7)2)8-3-5-11-6-4-8/h3-7,9H,1-2H3/t7-,9-/m0/s1. The number of hydrogen-bond donors (Lipinski definition) is 0. The van der Waals surface area contributed by atoms with E-state index in [4.69, 9.17) is 4.74 Å². The van der Waals surface area contributed by atoms with Gasteiger partial charge in [-0.05, 0) is 24.6 Å². The Kier molecular flexibility index (Phi) is 2.11. The Balaban J connectivity index is 2.26. The molecule has 0 aromatic carbocycles. The maximum absolute atomic E-state index is 11.3. The van der Waals surface area contributed by atoms with Crippen LogP contribution in [0.3, 0.4) is 0 Å². The predicted octanol–water partition coefficient (Wildman–Crippen LogP) is 1.59. The normalized spacial score (nSPS) is 26.4. The minimum absolute atomic E-state index is 0.0740. The van der Waals surface area contributed by atoms with Crippen LogP contribution in [-0.2, 0) is 4.74 Å². The molecule has 4 nitrogen and oxygen atoms in total. The van der Waals surface area contributed by atoms with E-state index in [9.17, 15) is 4.79 Å². The van der Waals surface area contributed by atoms with Gasteiger partial charge < -0.3 is 9.64 Å². The molecule has 0 spiro atoms. The molecule has 0 aliphatic carbocycles. The summed E-state index contributed by atoms with van der Waals surface area (Å²) in [4.78, 5) is 16.8. The maximum atomic E-state index is 11.3. The number of nitrogens with zero attached hydrogens (tertiary/aromatic N) is 2. The molecule has 2 rings (SSSR count). The second-order valence-electron chi connectivity index (χ2n) is 3.44. The highest BCUT2D eigenvalue weighted by atomic mass is 16.6. The van der Waals surface area contributed by atoms with Crippen molar-refractivity contribution >= 4 is 6.09 Å². The minimum Gasteiger partial charge on any atom is -0.439 e. The fourth-order valence-corrected chi connectivity index (χ4v) is 1.56. The molecule has 0 saturated carbocycles. The van der Waals surface area contributed by atoms with Crippen molar-refractivity contribution in [3.05, 3.63) is 30.1 Å². The van der Waals surface area contributed by atoms with Crippen molar-refractivity contribution in [1.29, 1.82) is 0 Å². The van der Waals surface area contributed by atoms with E-state index in [1.165, 1.54) is 0 Å². The van der Waals surface area contributed by atoms with Gasteiger partial charge in [0.25, 0.3) is 0 Å². The van der Waals surface area contributed by atoms with Gasteiger partial charge in [-0.25, -0.2) is 4.79 Å². The third-order valence-corrected chi connectivity index (χ3v) is 2.60. The largest absolute Gasteiger partial charge is 0.439 e. The van der Waals surface area contributed by atoms with Crippen LogP contribution in [0.2, 0.25) is 0 Å². The number of carbonyl (C=O) groups is 1. The number of pyridine rings is 1. The smallest absolute Gasteiger partial charge is 0.410 e. The lowest BCUT2D eigenvalue weighted by molar-refractivity contribution is 0.131. The van der Waals surface area contributed by atoms with Gasteiger partial charge in [-0.1, -0.05) is 0 Å². The number of ether oxygens (including phenoxy) is 1. The van der Waals surface area contributed by atoms with Crippen molar-refractivity contribution in [3.8, 4) is 0 Å². The molecule has 1 fully saturated rings. The Hall–Kier alpha value is -1.58.